The van der Waals surface area contributed by atoms with Crippen LogP contribution in [0.1, 0.15) is 12.0 Å². The van der Waals surface area contributed by atoms with Gasteiger partial charge in [0.05, 0.1) is 12.2 Å². The number of rotatable bonds is 3. The summed E-state index contributed by atoms with van der Waals surface area (Å²) in [5.41, 5.74) is 5.13. The number of nitrogens with zero attached hydrogens (tertiary/aromatic N) is 1. The molecule has 0 aromatic heterocycles. The normalized spacial score (nSPS) is 20.0. The molecule has 1 unspecified atom stereocenters. The summed E-state index contributed by atoms with van der Waals surface area (Å²) in [6.07, 6.45) is -3.54. The van der Waals surface area contributed by atoms with Crippen LogP contribution >= 0.6 is 0 Å². The average Bonchev–Trinajstić information content (AvgIpc) is 2.77. The molecule has 2 N–H and O–H groups in total. The number of hydrogen-bond acceptors (Lipinski definition) is 3. The summed E-state index contributed by atoms with van der Waals surface area (Å²) >= 11 is 0. The Morgan fingerprint density at radius 2 is 2.16 bits per heavy atom. The molecule has 1 aromatic rings. The minimum absolute atomic E-state index is 0.128. The summed E-state index contributed by atoms with van der Waals surface area (Å²) in [6.45, 7) is 1.77. The van der Waals surface area contributed by atoms with Gasteiger partial charge in [-0.2, -0.15) is 13.2 Å². The van der Waals surface area contributed by atoms with Crippen molar-refractivity contribution in [2.75, 3.05) is 37.4 Å². The van der Waals surface area contributed by atoms with Crippen LogP contribution in [0, 0.1) is 5.92 Å². The first-order chi connectivity index (χ1) is 8.91. The smallest absolute Gasteiger partial charge is 0.399 e. The predicted molar refractivity (Wildman–Crippen MR) is 68.1 cm³/mol. The first-order valence-corrected chi connectivity index (χ1v) is 6.12. The van der Waals surface area contributed by atoms with E-state index in [-0.39, 0.29) is 17.3 Å². The van der Waals surface area contributed by atoms with Gasteiger partial charge in [0.15, 0.2) is 0 Å². The summed E-state index contributed by atoms with van der Waals surface area (Å²) in [4.78, 5) is 1.76. The molecule has 19 heavy (non-hydrogen) atoms. The summed E-state index contributed by atoms with van der Waals surface area (Å²) in [6, 6.07) is 3.96. The molecule has 0 saturated carbocycles. The van der Waals surface area contributed by atoms with Gasteiger partial charge in [0.2, 0.25) is 0 Å². The SMILES string of the molecule is COCC1CCN(c2ccc(N)cc2C(F)(F)F)C1. The maximum atomic E-state index is 13.0. The highest BCUT2D eigenvalue weighted by Gasteiger charge is 2.36. The Kier molecular flexibility index (Phi) is 3.89. The molecule has 1 heterocycles. The third kappa shape index (κ3) is 3.12. The lowest BCUT2D eigenvalue weighted by molar-refractivity contribution is -0.137. The minimum Gasteiger partial charge on any atom is -0.399 e. The Hall–Kier alpha value is -1.43. The van der Waals surface area contributed by atoms with Crippen molar-refractivity contribution in [2.45, 2.75) is 12.6 Å². The Bertz CT molecular complexity index is 448. The molecule has 1 aromatic carbocycles. The number of nitrogen functional groups attached to an aromatic ring is 1. The third-order valence-corrected chi connectivity index (χ3v) is 3.35. The summed E-state index contributed by atoms with van der Waals surface area (Å²) in [5.74, 6) is 0.281. The Balaban J connectivity index is 2.26. The number of ether oxygens (including phenoxy) is 1. The van der Waals surface area contributed by atoms with E-state index in [2.05, 4.69) is 0 Å². The van der Waals surface area contributed by atoms with E-state index in [1.54, 1.807) is 12.0 Å². The van der Waals surface area contributed by atoms with E-state index >= 15 is 0 Å². The second kappa shape index (κ2) is 5.28. The molecule has 1 saturated heterocycles. The first kappa shape index (κ1) is 14.0. The molecule has 0 aliphatic carbocycles. The van der Waals surface area contributed by atoms with Crippen LogP contribution in [0.5, 0.6) is 0 Å². The predicted octanol–water partition coefficient (Wildman–Crippen LogP) is 2.76. The third-order valence-electron chi connectivity index (χ3n) is 3.35. The van der Waals surface area contributed by atoms with E-state index in [0.717, 1.165) is 12.5 Å². The van der Waals surface area contributed by atoms with Crippen LogP contribution in [-0.4, -0.2) is 26.8 Å². The molecular weight excluding hydrogens is 257 g/mol. The molecule has 1 fully saturated rings. The zero-order chi connectivity index (χ0) is 14.0. The molecule has 3 nitrogen and oxygen atoms in total. The van der Waals surface area contributed by atoms with Crippen molar-refractivity contribution >= 4 is 11.4 Å². The van der Waals surface area contributed by atoms with E-state index in [9.17, 15) is 13.2 Å². The summed E-state index contributed by atoms with van der Waals surface area (Å²) in [5, 5.41) is 0. The van der Waals surface area contributed by atoms with Crippen LogP contribution in [0.15, 0.2) is 18.2 Å². The van der Waals surface area contributed by atoms with Crippen LogP contribution in [0.4, 0.5) is 24.5 Å². The molecule has 1 aliphatic heterocycles. The van der Waals surface area contributed by atoms with Gasteiger partial charge in [-0.3, -0.25) is 0 Å². The van der Waals surface area contributed by atoms with E-state index < -0.39 is 11.7 Å². The van der Waals surface area contributed by atoms with E-state index in [4.69, 9.17) is 10.5 Å². The van der Waals surface area contributed by atoms with E-state index in [1.807, 2.05) is 0 Å². The average molecular weight is 274 g/mol. The number of anilines is 2. The number of nitrogens with two attached hydrogens (primary N) is 1. The lowest BCUT2D eigenvalue weighted by atomic mass is 10.1. The molecule has 0 spiro atoms. The minimum atomic E-state index is -4.38. The van der Waals surface area contributed by atoms with Crippen molar-refractivity contribution in [3.05, 3.63) is 23.8 Å². The Morgan fingerprint density at radius 1 is 1.42 bits per heavy atom. The fraction of sp³-hybridized carbons (Fsp3) is 0.538. The largest absolute Gasteiger partial charge is 0.418 e. The van der Waals surface area contributed by atoms with Crippen LogP contribution in [0.3, 0.4) is 0 Å². The van der Waals surface area contributed by atoms with Gasteiger partial charge in [-0.05, 0) is 24.6 Å². The van der Waals surface area contributed by atoms with Crippen LogP contribution < -0.4 is 10.6 Å². The molecule has 1 atom stereocenters. The maximum absolute atomic E-state index is 13.0. The van der Waals surface area contributed by atoms with Crippen LogP contribution in [-0.2, 0) is 10.9 Å². The van der Waals surface area contributed by atoms with Crippen LogP contribution in [0.2, 0.25) is 0 Å². The number of hydrogen-bond donors (Lipinski definition) is 1. The number of halogens is 3. The van der Waals surface area contributed by atoms with Crippen molar-refractivity contribution in [3.63, 3.8) is 0 Å². The zero-order valence-corrected chi connectivity index (χ0v) is 10.7. The fourth-order valence-corrected chi connectivity index (χ4v) is 2.48. The highest BCUT2D eigenvalue weighted by molar-refractivity contribution is 5.61. The van der Waals surface area contributed by atoms with Crippen molar-refractivity contribution in [2.24, 2.45) is 5.92 Å². The van der Waals surface area contributed by atoms with Gasteiger partial charge in [-0.1, -0.05) is 0 Å². The standard InChI is InChI=1S/C13H17F3N2O/c1-19-8-9-4-5-18(7-9)12-3-2-10(17)6-11(12)13(14,15)16/h2-3,6,9H,4-5,7-8,17H2,1H3. The van der Waals surface area contributed by atoms with Gasteiger partial charge in [-0.25, -0.2) is 0 Å². The lowest BCUT2D eigenvalue weighted by Gasteiger charge is -2.23. The highest BCUT2D eigenvalue weighted by Crippen LogP contribution is 2.39. The molecule has 0 amide bonds. The van der Waals surface area contributed by atoms with Crippen LogP contribution in [0.25, 0.3) is 0 Å². The van der Waals surface area contributed by atoms with Gasteiger partial charge >= 0.3 is 6.18 Å². The monoisotopic (exact) mass is 274 g/mol. The molecule has 106 valence electrons. The zero-order valence-electron chi connectivity index (χ0n) is 10.7. The van der Waals surface area contributed by atoms with E-state index in [1.165, 1.54) is 12.1 Å². The van der Waals surface area contributed by atoms with Gasteiger partial charge in [0, 0.05) is 37.5 Å². The van der Waals surface area contributed by atoms with Crippen molar-refractivity contribution in [1.29, 1.82) is 0 Å². The Labute approximate surface area is 110 Å². The van der Waals surface area contributed by atoms with Crippen molar-refractivity contribution in [1.82, 2.24) is 0 Å². The van der Waals surface area contributed by atoms with Gasteiger partial charge < -0.3 is 15.4 Å². The lowest BCUT2D eigenvalue weighted by Crippen LogP contribution is -2.24. The number of benzene rings is 1. The quantitative estimate of drug-likeness (QED) is 0.861. The molecule has 1 aliphatic rings. The summed E-state index contributed by atoms with van der Waals surface area (Å²) < 4.78 is 44.1. The topological polar surface area (TPSA) is 38.5 Å². The number of methoxy groups -OCH3 is 1. The van der Waals surface area contributed by atoms with Crippen molar-refractivity contribution in [3.8, 4) is 0 Å². The second-order valence-corrected chi connectivity index (χ2v) is 4.83. The highest BCUT2D eigenvalue weighted by atomic mass is 19.4. The molecule has 0 radical (unpaired) electrons. The second-order valence-electron chi connectivity index (χ2n) is 4.83. The fourth-order valence-electron chi connectivity index (χ4n) is 2.48. The molecular formula is C13H17F3N2O. The first-order valence-electron chi connectivity index (χ1n) is 6.12. The van der Waals surface area contributed by atoms with Crippen molar-refractivity contribution < 1.29 is 17.9 Å². The van der Waals surface area contributed by atoms with E-state index in [0.29, 0.717) is 19.7 Å². The molecule has 6 heteroatoms. The van der Waals surface area contributed by atoms with Gasteiger partial charge in [0.25, 0.3) is 0 Å². The molecule has 2 rings (SSSR count). The number of alkyl halides is 3. The maximum Gasteiger partial charge on any atom is 0.418 e. The van der Waals surface area contributed by atoms with Gasteiger partial charge in [0.1, 0.15) is 0 Å². The molecule has 0 bridgehead atoms. The Morgan fingerprint density at radius 3 is 2.79 bits per heavy atom. The summed E-state index contributed by atoms with van der Waals surface area (Å²) in [7, 11) is 1.60. The van der Waals surface area contributed by atoms with Gasteiger partial charge in [-0.15, -0.1) is 0 Å².